The first-order valence-corrected chi connectivity index (χ1v) is 0.855. The summed E-state index contributed by atoms with van der Waals surface area (Å²) >= 11 is 0. The fourth-order valence-electron chi connectivity index (χ4n) is 0. The Kier molecular flexibility index (Phi) is 9.12. The molecular weight excluding hydrogens is 109 g/mol. The fraction of sp³-hybridized carbons (Fsp3) is 0. The van der Waals surface area contributed by atoms with Crippen LogP contribution in [0.5, 0.6) is 0 Å². The first-order chi connectivity index (χ1) is 2.27. The normalized spacial score (nSPS) is 4.50. The molecule has 0 aliphatic carbocycles. The van der Waals surface area contributed by atoms with Crippen LogP contribution in [0.4, 0.5) is 4.79 Å². The maximum absolute atomic E-state index is 8.90. The third kappa shape index (κ3) is 8.82. The molecule has 0 aromatic heterocycles. The van der Waals surface area contributed by atoms with Crippen molar-refractivity contribution in [2.75, 3.05) is 0 Å². The van der Waals surface area contributed by atoms with Crippen molar-refractivity contribution in [3.8, 4) is 0 Å². The maximum Gasteiger partial charge on any atom is 1.00 e. The van der Waals surface area contributed by atoms with Gasteiger partial charge in [0, 0.05) is 0 Å². The monoisotopic (exact) mass is 109 g/mol. The van der Waals surface area contributed by atoms with E-state index in [2.05, 4.69) is 0 Å². The molecule has 0 saturated carbocycles. The Labute approximate surface area is 77.6 Å². The third-order valence-electron chi connectivity index (χ3n) is 0.0913. The van der Waals surface area contributed by atoms with Gasteiger partial charge in [0.05, 0.1) is 6.57 Å². The van der Waals surface area contributed by atoms with Crippen LogP contribution in [-0.2, 0) is 0 Å². The predicted octanol–water partition coefficient (Wildman–Crippen LogP) is -3.75. The molecule has 0 bridgehead atoms. The Morgan fingerprint density at radius 2 is 2.00 bits per heavy atom. The zero-order valence-corrected chi connectivity index (χ0v) is 6.39. The average molecular weight is 109 g/mol. The molecule has 0 N–H and O–H groups in total. The molecule has 0 radical (unpaired) electrons. The van der Waals surface area contributed by atoms with Gasteiger partial charge in [0.25, 0.3) is 0 Å². The van der Waals surface area contributed by atoms with Gasteiger partial charge in [0.1, 0.15) is 0 Å². The number of rotatable bonds is 0. The molecule has 26 valence electrons. The van der Waals surface area contributed by atoms with Crippen LogP contribution in [0, 0.1) is 6.57 Å². The zero-order chi connectivity index (χ0) is 4.28. The van der Waals surface area contributed by atoms with Gasteiger partial charge in [-0.25, -0.2) is 4.85 Å². The SMILES string of the molecule is [C-]#[N+]C(=O)[O-].[K+]. The summed E-state index contributed by atoms with van der Waals surface area (Å²) in [6, 6.07) is 0. The number of hydrogen-bond donors (Lipinski definition) is 0. The van der Waals surface area contributed by atoms with Gasteiger partial charge in [-0.15, -0.1) is 0 Å². The van der Waals surface area contributed by atoms with Crippen molar-refractivity contribution in [3.63, 3.8) is 0 Å². The minimum absolute atomic E-state index is 0. The molecule has 0 rings (SSSR count). The molecule has 4 heteroatoms. The number of carbonyl (C=O) groups excluding carboxylic acids is 1. The molecule has 0 atom stereocenters. The molecule has 0 aliphatic heterocycles. The Morgan fingerprint density at radius 3 is 2.00 bits per heavy atom. The molecule has 0 fully saturated rings. The second-order valence-corrected chi connectivity index (χ2v) is 0.378. The molecule has 0 saturated heterocycles. The quantitative estimate of drug-likeness (QED) is 0.237. The van der Waals surface area contributed by atoms with Crippen molar-refractivity contribution in [3.05, 3.63) is 11.4 Å². The molecule has 6 heavy (non-hydrogen) atoms. The van der Waals surface area contributed by atoms with Gasteiger partial charge in [0.15, 0.2) is 0 Å². The Hall–Kier alpha value is 0.596. The summed E-state index contributed by atoms with van der Waals surface area (Å²) < 4.78 is 0. The van der Waals surface area contributed by atoms with Crippen LogP contribution in [0.1, 0.15) is 0 Å². The van der Waals surface area contributed by atoms with Crippen LogP contribution < -0.4 is 56.5 Å². The van der Waals surface area contributed by atoms with Crippen molar-refractivity contribution in [1.82, 2.24) is 0 Å². The average Bonchev–Trinajstić information content (AvgIpc) is 1.38. The molecule has 0 aromatic rings. The maximum atomic E-state index is 8.90. The molecule has 0 heterocycles. The van der Waals surface area contributed by atoms with Gasteiger partial charge in [-0.1, -0.05) is 0 Å². The topological polar surface area (TPSA) is 44.5 Å². The number of carboxylic acid groups (broad SMARTS) is 1. The van der Waals surface area contributed by atoms with Crippen molar-refractivity contribution in [2.24, 2.45) is 0 Å². The largest absolute Gasteiger partial charge is 1.00 e. The molecular formula is C2KNO2. The molecule has 0 unspecified atom stereocenters. The predicted molar refractivity (Wildman–Crippen MR) is 12.0 cm³/mol. The third-order valence-corrected chi connectivity index (χ3v) is 0.0913. The van der Waals surface area contributed by atoms with Crippen molar-refractivity contribution in [1.29, 1.82) is 0 Å². The van der Waals surface area contributed by atoms with E-state index in [0.717, 1.165) is 0 Å². The smallest absolute Gasteiger partial charge is 0.590 e. The van der Waals surface area contributed by atoms with Gasteiger partial charge in [-0.05, 0) is 0 Å². The van der Waals surface area contributed by atoms with E-state index in [9.17, 15) is 0 Å². The molecule has 0 aromatic carbocycles. The standard InChI is InChI=1S/C2HNO2.K/c1-3-2(4)5;/h(H,4,5);/q;+1/p-1. The van der Waals surface area contributed by atoms with Crippen molar-refractivity contribution >= 4 is 6.09 Å². The summed E-state index contributed by atoms with van der Waals surface area (Å²) in [5.41, 5.74) is 0. The van der Waals surface area contributed by atoms with E-state index in [0.29, 0.717) is 0 Å². The van der Waals surface area contributed by atoms with E-state index in [1.165, 1.54) is 0 Å². The van der Waals surface area contributed by atoms with Crippen LogP contribution in [0.15, 0.2) is 0 Å². The van der Waals surface area contributed by atoms with E-state index in [1.54, 1.807) is 0 Å². The van der Waals surface area contributed by atoms with Crippen molar-refractivity contribution in [2.45, 2.75) is 0 Å². The minimum atomic E-state index is -1.70. The van der Waals surface area contributed by atoms with Crippen LogP contribution >= 0.6 is 0 Å². The van der Waals surface area contributed by atoms with E-state index < -0.39 is 6.09 Å². The Bertz CT molecular complexity index is 84.0. The summed E-state index contributed by atoms with van der Waals surface area (Å²) in [5.74, 6) is 0. The molecule has 3 nitrogen and oxygen atoms in total. The van der Waals surface area contributed by atoms with Crippen LogP contribution in [-0.4, -0.2) is 6.09 Å². The summed E-state index contributed by atoms with van der Waals surface area (Å²) in [6.45, 7) is 5.62. The summed E-state index contributed by atoms with van der Waals surface area (Å²) in [4.78, 5) is 10.8. The van der Waals surface area contributed by atoms with Crippen LogP contribution in [0.25, 0.3) is 4.85 Å². The Morgan fingerprint density at radius 1 is 1.83 bits per heavy atom. The summed E-state index contributed by atoms with van der Waals surface area (Å²) in [7, 11) is 0. The van der Waals surface area contributed by atoms with Crippen molar-refractivity contribution < 1.29 is 61.3 Å². The summed E-state index contributed by atoms with van der Waals surface area (Å²) in [5, 5.41) is 8.90. The number of amides is 1. The van der Waals surface area contributed by atoms with E-state index in [-0.39, 0.29) is 51.4 Å². The minimum Gasteiger partial charge on any atom is -0.590 e. The first-order valence-electron chi connectivity index (χ1n) is 0.855. The second-order valence-electron chi connectivity index (χ2n) is 0.378. The Balaban J connectivity index is 0. The van der Waals surface area contributed by atoms with Gasteiger partial charge in [-0.3, -0.25) is 0 Å². The number of carbonyl (C=O) groups is 1. The number of hydrogen-bond acceptors (Lipinski definition) is 2. The summed E-state index contributed by atoms with van der Waals surface area (Å²) in [6.07, 6.45) is -1.70. The molecule has 0 aliphatic rings. The molecule has 1 amide bonds. The van der Waals surface area contributed by atoms with Gasteiger partial charge < -0.3 is 9.90 Å². The van der Waals surface area contributed by atoms with Crippen LogP contribution in [0.2, 0.25) is 0 Å². The molecule has 0 spiro atoms. The van der Waals surface area contributed by atoms with E-state index in [4.69, 9.17) is 16.5 Å². The van der Waals surface area contributed by atoms with Gasteiger partial charge in [-0.2, -0.15) is 0 Å². The first kappa shape index (κ1) is 9.78. The van der Waals surface area contributed by atoms with Gasteiger partial charge in [0.2, 0.25) is 0 Å². The second kappa shape index (κ2) is 5.60. The van der Waals surface area contributed by atoms with Gasteiger partial charge >= 0.3 is 57.5 Å². The van der Waals surface area contributed by atoms with E-state index >= 15 is 0 Å². The van der Waals surface area contributed by atoms with E-state index in [1.807, 2.05) is 4.85 Å². The van der Waals surface area contributed by atoms with Crippen LogP contribution in [0.3, 0.4) is 0 Å². The zero-order valence-electron chi connectivity index (χ0n) is 3.26. The fourth-order valence-corrected chi connectivity index (χ4v) is 0. The number of nitrogens with zero attached hydrogens (tertiary/aromatic N) is 1.